The fourth-order valence-electron chi connectivity index (χ4n) is 1.99. The van der Waals surface area contributed by atoms with Crippen LogP contribution in [0.3, 0.4) is 0 Å². The zero-order valence-electron chi connectivity index (χ0n) is 10.6. The lowest BCUT2D eigenvalue weighted by atomic mass is 10.0. The summed E-state index contributed by atoms with van der Waals surface area (Å²) in [6.07, 6.45) is 4.77. The van der Waals surface area contributed by atoms with Gasteiger partial charge in [0, 0.05) is 6.07 Å². The zero-order valence-corrected chi connectivity index (χ0v) is 10.6. The second-order valence-corrected chi connectivity index (χ2v) is 4.31. The maximum absolute atomic E-state index is 11.9. The van der Waals surface area contributed by atoms with Crippen LogP contribution >= 0.6 is 0 Å². The summed E-state index contributed by atoms with van der Waals surface area (Å²) in [7, 11) is 0. The third-order valence-corrected chi connectivity index (χ3v) is 2.92. The highest BCUT2D eigenvalue weighted by Gasteiger charge is 2.20. The van der Waals surface area contributed by atoms with Crippen molar-refractivity contribution in [3.05, 3.63) is 18.3 Å². The Hall–Kier alpha value is -1.62. The Balaban J connectivity index is 1.89. The molecule has 1 atom stereocenters. The second kappa shape index (κ2) is 6.35. The van der Waals surface area contributed by atoms with Gasteiger partial charge in [-0.25, -0.2) is 4.98 Å². The smallest absolute Gasteiger partial charge is 0.241 e. The Morgan fingerprint density at radius 1 is 1.56 bits per heavy atom. The summed E-state index contributed by atoms with van der Waals surface area (Å²) in [5.41, 5.74) is 0.704. The molecule has 98 valence electrons. The van der Waals surface area contributed by atoms with E-state index in [1.807, 2.05) is 6.92 Å². The van der Waals surface area contributed by atoms with Gasteiger partial charge in [0.1, 0.15) is 0 Å². The number of carbonyl (C=O) groups is 1. The fraction of sp³-hybridized carbons (Fsp3) is 0.538. The molecule has 0 spiro atoms. The number of piperidine rings is 1. The van der Waals surface area contributed by atoms with Gasteiger partial charge in [-0.3, -0.25) is 4.79 Å². The maximum Gasteiger partial charge on any atom is 0.241 e. The normalized spacial score (nSPS) is 19.3. The minimum atomic E-state index is -0.0784. The topological polar surface area (TPSA) is 63.2 Å². The maximum atomic E-state index is 11.9. The van der Waals surface area contributed by atoms with E-state index >= 15 is 0 Å². The number of ether oxygens (including phenoxy) is 1. The van der Waals surface area contributed by atoms with Crippen LogP contribution < -0.4 is 15.4 Å². The Bertz CT molecular complexity index is 386. The molecule has 0 aromatic carbocycles. The first-order valence-corrected chi connectivity index (χ1v) is 6.42. The summed E-state index contributed by atoms with van der Waals surface area (Å²) in [6.45, 7) is 3.41. The van der Waals surface area contributed by atoms with Crippen LogP contribution in [-0.2, 0) is 4.79 Å². The molecular formula is C13H19N3O2. The number of hydrogen-bond donors (Lipinski definition) is 2. The number of nitrogens with one attached hydrogen (secondary N) is 2. The minimum Gasteiger partial charge on any atom is -0.478 e. The highest BCUT2D eigenvalue weighted by Crippen LogP contribution is 2.13. The van der Waals surface area contributed by atoms with Crippen molar-refractivity contribution in [3.8, 4) is 5.88 Å². The standard InChI is InChI=1S/C13H19N3O2/c1-2-18-12-7-6-10(9-15-12)16-13(17)11-5-3-4-8-14-11/h6-7,9,11,14H,2-5,8H2,1H3,(H,16,17)/t11-/m0/s1. The molecule has 2 rings (SSSR count). The summed E-state index contributed by atoms with van der Waals surface area (Å²) >= 11 is 0. The van der Waals surface area contributed by atoms with Gasteiger partial charge in [0.25, 0.3) is 0 Å². The Labute approximate surface area is 107 Å². The Kier molecular flexibility index (Phi) is 4.52. The van der Waals surface area contributed by atoms with Crippen LogP contribution in [0.4, 0.5) is 5.69 Å². The molecule has 1 aromatic heterocycles. The number of hydrogen-bond acceptors (Lipinski definition) is 4. The lowest BCUT2D eigenvalue weighted by Gasteiger charge is -2.22. The molecule has 0 bridgehead atoms. The van der Waals surface area contributed by atoms with E-state index < -0.39 is 0 Å². The van der Waals surface area contributed by atoms with Crippen molar-refractivity contribution in [3.63, 3.8) is 0 Å². The molecule has 0 unspecified atom stereocenters. The summed E-state index contributed by atoms with van der Waals surface area (Å²) in [5, 5.41) is 6.08. The second-order valence-electron chi connectivity index (χ2n) is 4.31. The van der Waals surface area contributed by atoms with E-state index in [1.165, 1.54) is 0 Å². The SMILES string of the molecule is CCOc1ccc(NC(=O)[C@@H]2CCCCN2)cn1. The van der Waals surface area contributed by atoms with Gasteiger partial charge < -0.3 is 15.4 Å². The van der Waals surface area contributed by atoms with E-state index in [0.717, 1.165) is 25.8 Å². The average molecular weight is 249 g/mol. The first kappa shape index (κ1) is 12.8. The van der Waals surface area contributed by atoms with E-state index in [4.69, 9.17) is 4.74 Å². The molecule has 5 heteroatoms. The van der Waals surface area contributed by atoms with Gasteiger partial charge in [-0.05, 0) is 32.4 Å². The number of amides is 1. The van der Waals surface area contributed by atoms with Gasteiger partial charge in [-0.15, -0.1) is 0 Å². The fourth-order valence-corrected chi connectivity index (χ4v) is 1.99. The number of nitrogens with zero attached hydrogens (tertiary/aromatic N) is 1. The van der Waals surface area contributed by atoms with Crippen molar-refractivity contribution < 1.29 is 9.53 Å². The number of carbonyl (C=O) groups excluding carboxylic acids is 1. The number of rotatable bonds is 4. The average Bonchev–Trinajstić information content (AvgIpc) is 2.42. The Morgan fingerprint density at radius 2 is 2.44 bits per heavy atom. The molecule has 5 nitrogen and oxygen atoms in total. The lowest BCUT2D eigenvalue weighted by molar-refractivity contribution is -0.118. The predicted octanol–water partition coefficient (Wildman–Crippen LogP) is 1.56. The molecule has 1 saturated heterocycles. The van der Waals surface area contributed by atoms with Crippen LogP contribution in [0.15, 0.2) is 18.3 Å². The van der Waals surface area contributed by atoms with E-state index in [1.54, 1.807) is 18.3 Å². The van der Waals surface area contributed by atoms with Crippen molar-refractivity contribution in [2.45, 2.75) is 32.2 Å². The van der Waals surface area contributed by atoms with Gasteiger partial charge in [0.15, 0.2) is 0 Å². The molecule has 1 aliphatic rings. The third kappa shape index (κ3) is 3.43. The van der Waals surface area contributed by atoms with Crippen molar-refractivity contribution in [1.29, 1.82) is 0 Å². The van der Waals surface area contributed by atoms with Gasteiger partial charge in [0.2, 0.25) is 11.8 Å². The van der Waals surface area contributed by atoms with Crippen LogP contribution in [0.5, 0.6) is 5.88 Å². The van der Waals surface area contributed by atoms with Crippen molar-refractivity contribution in [1.82, 2.24) is 10.3 Å². The molecule has 1 amide bonds. The number of anilines is 1. The molecule has 1 fully saturated rings. The summed E-state index contributed by atoms with van der Waals surface area (Å²) in [4.78, 5) is 16.1. The van der Waals surface area contributed by atoms with Crippen molar-refractivity contribution in [2.24, 2.45) is 0 Å². The summed E-state index contributed by atoms with van der Waals surface area (Å²) < 4.78 is 5.25. The first-order chi connectivity index (χ1) is 8.79. The van der Waals surface area contributed by atoms with E-state index in [2.05, 4.69) is 15.6 Å². The van der Waals surface area contributed by atoms with Gasteiger partial charge in [0.05, 0.1) is 24.5 Å². The highest BCUT2D eigenvalue weighted by atomic mass is 16.5. The molecule has 1 aromatic rings. The van der Waals surface area contributed by atoms with E-state index in [-0.39, 0.29) is 11.9 Å². The minimum absolute atomic E-state index is 0.0145. The van der Waals surface area contributed by atoms with Gasteiger partial charge in [-0.2, -0.15) is 0 Å². The van der Waals surface area contributed by atoms with E-state index in [0.29, 0.717) is 18.2 Å². The number of aromatic nitrogens is 1. The third-order valence-electron chi connectivity index (χ3n) is 2.92. The zero-order chi connectivity index (χ0) is 12.8. The first-order valence-electron chi connectivity index (χ1n) is 6.42. The largest absolute Gasteiger partial charge is 0.478 e. The lowest BCUT2D eigenvalue weighted by Crippen LogP contribution is -2.43. The van der Waals surface area contributed by atoms with Crippen LogP contribution in [0, 0.1) is 0 Å². The van der Waals surface area contributed by atoms with Gasteiger partial charge >= 0.3 is 0 Å². The predicted molar refractivity (Wildman–Crippen MR) is 69.7 cm³/mol. The summed E-state index contributed by atoms with van der Waals surface area (Å²) in [5.74, 6) is 0.590. The molecule has 18 heavy (non-hydrogen) atoms. The van der Waals surface area contributed by atoms with Crippen LogP contribution in [0.25, 0.3) is 0 Å². The van der Waals surface area contributed by atoms with Crippen molar-refractivity contribution >= 4 is 11.6 Å². The molecule has 2 heterocycles. The van der Waals surface area contributed by atoms with E-state index in [9.17, 15) is 4.79 Å². The highest BCUT2D eigenvalue weighted by molar-refractivity contribution is 5.94. The molecule has 0 aliphatic carbocycles. The van der Waals surface area contributed by atoms with Crippen LogP contribution in [0.2, 0.25) is 0 Å². The monoisotopic (exact) mass is 249 g/mol. The molecule has 0 saturated carbocycles. The van der Waals surface area contributed by atoms with Crippen LogP contribution in [-0.4, -0.2) is 30.1 Å². The molecule has 2 N–H and O–H groups in total. The van der Waals surface area contributed by atoms with Gasteiger partial charge in [-0.1, -0.05) is 6.42 Å². The molecule has 0 radical (unpaired) electrons. The number of pyridine rings is 1. The molecule has 1 aliphatic heterocycles. The molecular weight excluding hydrogens is 230 g/mol. The Morgan fingerprint density at radius 3 is 3.06 bits per heavy atom. The quantitative estimate of drug-likeness (QED) is 0.850. The van der Waals surface area contributed by atoms with Crippen LogP contribution in [0.1, 0.15) is 26.2 Å². The van der Waals surface area contributed by atoms with Crippen molar-refractivity contribution in [2.75, 3.05) is 18.5 Å². The summed E-state index contributed by atoms with van der Waals surface area (Å²) in [6, 6.07) is 3.48.